The van der Waals surface area contributed by atoms with Gasteiger partial charge in [0.25, 0.3) is 0 Å². The zero-order chi connectivity index (χ0) is 15.4. The van der Waals surface area contributed by atoms with E-state index < -0.39 is 0 Å². The molecule has 0 heterocycles. The molecule has 0 saturated heterocycles. The fourth-order valence-electron chi connectivity index (χ4n) is 2.35. The smallest absolute Gasteiger partial charge is 0.126 e. The van der Waals surface area contributed by atoms with Gasteiger partial charge >= 0.3 is 0 Å². The van der Waals surface area contributed by atoms with Crippen molar-refractivity contribution in [3.63, 3.8) is 0 Å². The van der Waals surface area contributed by atoms with E-state index in [1.54, 1.807) is 12.1 Å². The van der Waals surface area contributed by atoms with Crippen molar-refractivity contribution in [2.45, 2.75) is 59.4 Å². The molecular weight excluding hydrogens is 273 g/mol. The van der Waals surface area contributed by atoms with E-state index in [1.807, 2.05) is 0 Å². The number of hydrogen-bond acceptors (Lipinski definition) is 1. The molecule has 0 fully saturated rings. The monoisotopic (exact) mass is 299 g/mol. The van der Waals surface area contributed by atoms with E-state index in [1.165, 1.54) is 6.07 Å². The summed E-state index contributed by atoms with van der Waals surface area (Å²) in [4.78, 5) is 0. The zero-order valence-corrected chi connectivity index (χ0v) is 14.1. The highest BCUT2D eigenvalue weighted by Gasteiger charge is 2.29. The first-order valence-electron chi connectivity index (χ1n) is 7.40. The lowest BCUT2D eigenvalue weighted by Gasteiger charge is -2.36. The van der Waals surface area contributed by atoms with Crippen LogP contribution in [0.15, 0.2) is 18.2 Å². The Labute approximate surface area is 127 Å². The number of hydrogen-bond donors (Lipinski definition) is 1. The summed E-state index contributed by atoms with van der Waals surface area (Å²) in [5, 5.41) is 4.17. The molecule has 1 N–H and O–H groups in total. The van der Waals surface area contributed by atoms with Gasteiger partial charge in [0.1, 0.15) is 5.82 Å². The number of nitrogens with one attached hydrogen (secondary N) is 1. The van der Waals surface area contributed by atoms with Crippen LogP contribution in [0.4, 0.5) is 4.39 Å². The highest BCUT2D eigenvalue weighted by atomic mass is 35.5. The Kier molecular flexibility index (Phi) is 6.03. The van der Waals surface area contributed by atoms with Crippen LogP contribution in [0.25, 0.3) is 0 Å². The summed E-state index contributed by atoms with van der Waals surface area (Å²) in [6.07, 6.45) is 2.74. The molecule has 0 radical (unpaired) electrons. The van der Waals surface area contributed by atoms with Crippen LogP contribution in [0.1, 0.15) is 53.0 Å². The molecule has 0 atom stereocenters. The van der Waals surface area contributed by atoms with Gasteiger partial charge in [0, 0.05) is 17.1 Å². The Morgan fingerprint density at radius 3 is 2.25 bits per heavy atom. The molecule has 1 aromatic rings. The van der Waals surface area contributed by atoms with E-state index in [0.29, 0.717) is 5.02 Å². The molecule has 0 saturated carbocycles. The summed E-state index contributed by atoms with van der Waals surface area (Å²) in [6, 6.07) is 4.83. The van der Waals surface area contributed by atoms with Crippen molar-refractivity contribution in [1.29, 1.82) is 0 Å². The van der Waals surface area contributed by atoms with Gasteiger partial charge < -0.3 is 5.32 Å². The largest absolute Gasteiger partial charge is 0.312 e. The summed E-state index contributed by atoms with van der Waals surface area (Å²) < 4.78 is 14.0. The molecule has 3 heteroatoms. The first-order valence-corrected chi connectivity index (χ1v) is 7.78. The lowest BCUT2D eigenvalue weighted by Crippen LogP contribution is -2.44. The van der Waals surface area contributed by atoms with Crippen LogP contribution in [-0.4, -0.2) is 12.1 Å². The van der Waals surface area contributed by atoms with Crippen molar-refractivity contribution in [2.24, 2.45) is 5.41 Å². The van der Waals surface area contributed by atoms with Crippen molar-refractivity contribution < 1.29 is 4.39 Å². The zero-order valence-electron chi connectivity index (χ0n) is 13.3. The molecule has 0 spiro atoms. The maximum Gasteiger partial charge on any atom is 0.126 e. The average Bonchev–Trinajstić information content (AvgIpc) is 2.38. The molecule has 114 valence electrons. The molecule has 1 nitrogen and oxygen atoms in total. The SMILES string of the molecule is CCC(CC)(CNC(C)(C)C)Cc1cc(Cl)ccc1F. The van der Waals surface area contributed by atoms with Crippen LogP contribution in [0.3, 0.4) is 0 Å². The quantitative estimate of drug-likeness (QED) is 0.759. The predicted octanol–water partition coefficient (Wildman–Crippen LogP) is 5.22. The molecule has 0 aromatic heterocycles. The van der Waals surface area contributed by atoms with Gasteiger partial charge in [-0.05, 0) is 69.2 Å². The highest BCUT2D eigenvalue weighted by Crippen LogP contribution is 2.32. The maximum atomic E-state index is 14.0. The molecule has 0 unspecified atom stereocenters. The second-order valence-corrected chi connectivity index (χ2v) is 7.16. The van der Waals surface area contributed by atoms with Gasteiger partial charge in [-0.2, -0.15) is 0 Å². The lowest BCUT2D eigenvalue weighted by molar-refractivity contribution is 0.218. The Morgan fingerprint density at radius 2 is 1.75 bits per heavy atom. The maximum absolute atomic E-state index is 14.0. The summed E-state index contributed by atoms with van der Waals surface area (Å²) >= 11 is 6.00. The van der Waals surface area contributed by atoms with Gasteiger partial charge in [0.2, 0.25) is 0 Å². The number of halogens is 2. The van der Waals surface area contributed by atoms with E-state index in [0.717, 1.165) is 31.4 Å². The average molecular weight is 300 g/mol. The van der Waals surface area contributed by atoms with Crippen molar-refractivity contribution in [3.05, 3.63) is 34.6 Å². The Bertz CT molecular complexity index is 433. The molecule has 0 bridgehead atoms. The fraction of sp³-hybridized carbons (Fsp3) is 0.647. The molecule has 0 aliphatic rings. The third kappa shape index (κ3) is 5.06. The summed E-state index contributed by atoms with van der Waals surface area (Å²) in [6.45, 7) is 11.7. The predicted molar refractivity (Wildman–Crippen MR) is 85.9 cm³/mol. The Balaban J connectivity index is 2.93. The van der Waals surface area contributed by atoms with Gasteiger partial charge in [-0.1, -0.05) is 25.4 Å². The van der Waals surface area contributed by atoms with E-state index in [9.17, 15) is 4.39 Å². The van der Waals surface area contributed by atoms with Crippen molar-refractivity contribution in [2.75, 3.05) is 6.54 Å². The number of rotatable bonds is 6. The number of benzene rings is 1. The summed E-state index contributed by atoms with van der Waals surface area (Å²) in [5.74, 6) is -0.156. The molecule has 0 aliphatic heterocycles. The molecular formula is C17H27ClFN. The minimum Gasteiger partial charge on any atom is -0.312 e. The van der Waals surface area contributed by atoms with Crippen LogP contribution < -0.4 is 5.32 Å². The first-order chi connectivity index (χ1) is 9.21. The lowest BCUT2D eigenvalue weighted by atomic mass is 9.76. The van der Waals surface area contributed by atoms with Crippen LogP contribution in [0.2, 0.25) is 5.02 Å². The Hall–Kier alpha value is -0.600. The molecule has 1 aromatic carbocycles. The van der Waals surface area contributed by atoms with Crippen LogP contribution in [0, 0.1) is 11.2 Å². The van der Waals surface area contributed by atoms with Crippen LogP contribution in [-0.2, 0) is 6.42 Å². The third-order valence-corrected chi connectivity index (χ3v) is 4.30. The Morgan fingerprint density at radius 1 is 1.15 bits per heavy atom. The van der Waals surface area contributed by atoms with Crippen molar-refractivity contribution in [3.8, 4) is 0 Å². The van der Waals surface area contributed by atoms with E-state index in [-0.39, 0.29) is 16.8 Å². The van der Waals surface area contributed by atoms with Gasteiger partial charge in [0.05, 0.1) is 0 Å². The van der Waals surface area contributed by atoms with Gasteiger partial charge in [0.15, 0.2) is 0 Å². The first kappa shape index (κ1) is 17.5. The van der Waals surface area contributed by atoms with Crippen LogP contribution >= 0.6 is 11.6 Å². The molecule has 0 amide bonds. The minimum atomic E-state index is -0.156. The van der Waals surface area contributed by atoms with Crippen molar-refractivity contribution >= 4 is 11.6 Å². The van der Waals surface area contributed by atoms with Gasteiger partial charge in [-0.25, -0.2) is 4.39 Å². The van der Waals surface area contributed by atoms with Crippen LogP contribution in [0.5, 0.6) is 0 Å². The minimum absolute atomic E-state index is 0.0683. The normalized spacial score (nSPS) is 12.8. The van der Waals surface area contributed by atoms with Gasteiger partial charge in [-0.3, -0.25) is 0 Å². The van der Waals surface area contributed by atoms with Crippen molar-refractivity contribution in [1.82, 2.24) is 5.32 Å². The second-order valence-electron chi connectivity index (χ2n) is 6.72. The molecule has 20 heavy (non-hydrogen) atoms. The standard InChI is InChI=1S/C17H27ClFN/c1-6-17(7-2,12-20-16(3,4)5)11-13-10-14(18)8-9-15(13)19/h8-10,20H,6-7,11-12H2,1-5H3. The fourth-order valence-corrected chi connectivity index (χ4v) is 2.54. The summed E-state index contributed by atoms with van der Waals surface area (Å²) in [5.41, 5.74) is 0.860. The molecule has 1 rings (SSSR count). The second kappa shape index (κ2) is 6.91. The third-order valence-electron chi connectivity index (χ3n) is 4.07. The van der Waals surface area contributed by atoms with E-state index >= 15 is 0 Å². The summed E-state index contributed by atoms with van der Waals surface area (Å²) in [7, 11) is 0. The highest BCUT2D eigenvalue weighted by molar-refractivity contribution is 6.30. The topological polar surface area (TPSA) is 12.0 Å². The van der Waals surface area contributed by atoms with E-state index in [4.69, 9.17) is 11.6 Å². The van der Waals surface area contributed by atoms with E-state index in [2.05, 4.69) is 39.9 Å². The van der Waals surface area contributed by atoms with Gasteiger partial charge in [-0.15, -0.1) is 0 Å². The molecule has 0 aliphatic carbocycles.